The van der Waals surface area contributed by atoms with Crippen molar-refractivity contribution in [2.75, 3.05) is 52.8 Å². The molecule has 1 unspecified atom stereocenters. The van der Waals surface area contributed by atoms with Gasteiger partial charge < -0.3 is 63.4 Å². The number of ether oxygens (including phenoxy) is 7. The number of phosphoric acid groups is 1. The molecule has 4 aliphatic rings. The van der Waals surface area contributed by atoms with E-state index in [9.17, 15) is 52.9 Å². The number of unbranched alkanes of at least 4 members (excludes halogenated alkanes) is 30. The molecule has 2 bridgehead atoms. The Kier molecular flexibility index (Phi) is 44.2. The van der Waals surface area contributed by atoms with Gasteiger partial charge >= 0.3 is 49.6 Å². The quantitative estimate of drug-likeness (QED) is 0.00459. The molecule has 3 aliphatic carbocycles. The smallest absolute Gasteiger partial charge is 0.472 e. The molecule has 28 heteroatoms. The van der Waals surface area contributed by atoms with Crippen LogP contribution in [0.25, 0.3) is 0 Å². The fourth-order valence-corrected chi connectivity index (χ4v) is 20.6. The summed E-state index contributed by atoms with van der Waals surface area (Å²) in [6.45, 7) is 8.60. The lowest BCUT2D eigenvalue weighted by Crippen LogP contribution is -2.82. The summed E-state index contributed by atoms with van der Waals surface area (Å²) in [6, 6.07) is 37.1. The number of rotatable bonds is 62. The summed E-state index contributed by atoms with van der Waals surface area (Å²) in [4.78, 5) is 169. The van der Waals surface area contributed by atoms with Gasteiger partial charge in [0.25, 0.3) is 5.91 Å². The van der Waals surface area contributed by atoms with Gasteiger partial charge in [0, 0.05) is 56.2 Å². The molecule has 1 saturated heterocycles. The lowest BCUT2D eigenvalue weighted by Gasteiger charge is -2.67. The van der Waals surface area contributed by atoms with Crippen LogP contribution >= 0.6 is 7.82 Å². The number of ketones is 2. The van der Waals surface area contributed by atoms with Crippen molar-refractivity contribution in [1.29, 1.82) is 0 Å². The second-order valence-corrected chi connectivity index (χ2v) is 41.0. The van der Waals surface area contributed by atoms with E-state index in [4.69, 9.17) is 47.3 Å². The van der Waals surface area contributed by atoms with E-state index in [1.807, 2.05) is 57.5 Å². The van der Waals surface area contributed by atoms with Crippen LogP contribution in [0.5, 0.6) is 0 Å². The molecule has 2 amide bonds. The first-order valence-corrected chi connectivity index (χ1v) is 51.4. The van der Waals surface area contributed by atoms with E-state index in [1.165, 1.54) is 174 Å². The van der Waals surface area contributed by atoms with Gasteiger partial charge in [-0.05, 0) is 122 Å². The highest BCUT2D eigenvalue weighted by atomic mass is 31.2. The van der Waals surface area contributed by atoms with E-state index in [-0.39, 0.29) is 60.3 Å². The average Bonchev–Trinajstić information content (AvgIpc) is 0.665. The molecule has 9 rings (SSSR count). The van der Waals surface area contributed by atoms with Gasteiger partial charge in [-0.2, -0.15) is 0 Å². The number of anilines is 1. The minimum Gasteiger partial charge on any atom is -0.481 e. The fraction of sp³-hybridized carbons (Fsp3) is 0.602. The van der Waals surface area contributed by atoms with Crippen molar-refractivity contribution in [2.45, 2.75) is 352 Å². The normalized spacial score (nSPS) is 21.4. The Morgan fingerprint density at radius 3 is 1.50 bits per heavy atom. The number of esters is 6. The number of carbonyl (C=O) groups is 11. The monoisotopic (exact) mass is 1910 g/mol. The maximum absolute atomic E-state index is 16.9. The van der Waals surface area contributed by atoms with Gasteiger partial charge in [-0.1, -0.05) is 297 Å². The number of likely N-dealkylation sites (N-methyl/N-ethyl adjacent to an activating group) is 1. The van der Waals surface area contributed by atoms with E-state index in [0.717, 1.165) is 121 Å². The number of aliphatic carboxylic acids is 1. The van der Waals surface area contributed by atoms with Crippen molar-refractivity contribution in [1.82, 2.24) is 5.32 Å². The molecule has 0 radical (unpaired) electrons. The molecule has 27 nitrogen and oxygen atoms in total. The Morgan fingerprint density at radius 2 is 1.01 bits per heavy atom. The van der Waals surface area contributed by atoms with Crippen LogP contribution in [0.3, 0.4) is 0 Å². The van der Waals surface area contributed by atoms with Crippen molar-refractivity contribution >= 4 is 78.7 Å². The highest BCUT2D eigenvalue weighted by Gasteiger charge is 2.79. The molecular formula is C108H151N3O24P+. The number of fused-ring (bicyclic) bond motifs is 5. The second kappa shape index (κ2) is 54.7. The highest BCUT2D eigenvalue weighted by Crippen LogP contribution is 2.65. The number of quaternary nitrogens is 1. The number of hydrogen-bond acceptors (Lipinski definition) is 22. The number of nitrogens with one attached hydrogen (secondary N) is 2. The number of carbonyl (C=O) groups excluding carboxylic acids is 10. The highest BCUT2D eigenvalue weighted by molar-refractivity contribution is 7.47. The fourth-order valence-electron chi connectivity index (χ4n) is 19.8. The number of nitrogens with zero attached hydrogens (tertiary/aromatic N) is 1. The Balaban J connectivity index is 0.854. The molecule has 136 heavy (non-hydrogen) atoms. The van der Waals surface area contributed by atoms with Crippen LogP contribution in [0.15, 0.2) is 151 Å². The van der Waals surface area contributed by atoms with Crippen LogP contribution in [0.1, 0.15) is 328 Å². The van der Waals surface area contributed by atoms with E-state index in [1.54, 1.807) is 78.9 Å². The zero-order chi connectivity index (χ0) is 98.3. The summed E-state index contributed by atoms with van der Waals surface area (Å²) in [6.07, 6.45) is 24.3. The molecule has 5 aromatic carbocycles. The predicted molar refractivity (Wildman–Crippen MR) is 517 cm³/mol. The van der Waals surface area contributed by atoms with E-state index >= 15 is 14.4 Å². The van der Waals surface area contributed by atoms with Crippen LogP contribution in [0, 0.1) is 16.7 Å². The third kappa shape index (κ3) is 33.6. The molecule has 3 fully saturated rings. The van der Waals surface area contributed by atoms with Crippen LogP contribution in [-0.2, 0) is 109 Å². The summed E-state index contributed by atoms with van der Waals surface area (Å²) in [7, 11) is 1.96. The summed E-state index contributed by atoms with van der Waals surface area (Å²) < 4.78 is 67.7. The number of hydrogen-bond donors (Lipinski definition) is 5. The first-order chi connectivity index (χ1) is 65.0. The van der Waals surface area contributed by atoms with Crippen molar-refractivity contribution in [2.24, 2.45) is 16.7 Å². The molecule has 1 aliphatic heterocycles. The standard InChI is InChI=1S/C108H150N3O24P/c1-77-88(131-104(123)98(96(83-53-43-38-44-54-83)110-102(121)84-55-45-39-46-56-84)133-94(119)74-91(115)109-86-66-64-81(65-67-86)52-42-35-31-27-23-19-14-10-11-16-20-24-28-32-36-49-59-92(116)117)75-108(124)101(134-103(122)85-57-47-40-48-58-85)99-106(6,100(120)97(130-78(2)112)95(77)105(108,4)5)89(73-90-107(99,76-127-90)135-79(3)113)132-93(118)72-87(114)71-82-62-60-80(61-63-82)51-41-34-30-26-22-18-15-12-13-17-21-25-29-33-37-50-69-128-136(125,126)129-70-68-111(7,8)9/h38-40,43-48,53-58,60-67,88-90,96-99,101,124H,10-37,41-42,49-52,59,68-76H2,1-9H3,(H3-,109,110,115,116,117,121,125,126)/p+1/t88-,89-,90+,96-,97+,98+,99-,101-,106+,107-,108+/m0/s1. The number of aryl methyl sites for hydroxylation is 2. The van der Waals surface area contributed by atoms with Gasteiger partial charge in [0.2, 0.25) is 12.0 Å². The third-order valence-electron chi connectivity index (χ3n) is 27.5. The Morgan fingerprint density at radius 1 is 0.544 bits per heavy atom. The van der Waals surface area contributed by atoms with Crippen molar-refractivity contribution < 1.29 is 119 Å². The average molecular weight is 1910 g/mol. The zero-order valence-electron chi connectivity index (χ0n) is 81.8. The lowest BCUT2D eigenvalue weighted by molar-refractivity contribution is -0.870. The summed E-state index contributed by atoms with van der Waals surface area (Å²) in [5.41, 5.74) is -5.52. The van der Waals surface area contributed by atoms with Gasteiger partial charge in [0.1, 0.15) is 67.8 Å². The molecular weight excluding hydrogens is 1750 g/mol. The Hall–Kier alpha value is -9.60. The molecule has 0 aromatic heterocycles. The molecule has 2 saturated carbocycles. The molecule has 1 heterocycles. The number of carboxylic acid groups (broad SMARTS) is 1. The van der Waals surface area contributed by atoms with Crippen LogP contribution in [0.2, 0.25) is 0 Å². The van der Waals surface area contributed by atoms with Crippen molar-refractivity contribution in [3.05, 3.63) is 184 Å². The first-order valence-electron chi connectivity index (χ1n) is 49.9. The van der Waals surface area contributed by atoms with Crippen LogP contribution in [0.4, 0.5) is 5.69 Å². The Labute approximate surface area is 804 Å². The molecule has 5 aromatic rings. The van der Waals surface area contributed by atoms with E-state index < -0.39 is 169 Å². The first kappa shape index (κ1) is 110. The van der Waals surface area contributed by atoms with Crippen LogP contribution < -0.4 is 10.6 Å². The second-order valence-electron chi connectivity index (χ2n) is 39.5. The van der Waals surface area contributed by atoms with Gasteiger partial charge in [-0.15, -0.1) is 0 Å². The SMILES string of the molecule is CC(=O)O[C@H]1C(=O)[C@]2(C)[C@@H](OC(=O)CC(=O)Cc3ccc(CCCCCCCCCCCCCCCCCCOP(=O)(O)OCC[N+](C)(C)C)cc3)C[C@H]3OC[C@@]3(OC(C)=O)[C@H]2[C@H](OC(=O)c2ccccc2)[C@]2(O)C[C@H](OC(=O)[C@H](OC(=O)CC(=O)Nc3ccc(CCCCCCCCCCCCCCCCCCC(=O)O)cc3)[C@@H](NC(=O)c3ccccc3)c3ccccc3)C(C)=C1C2(C)C. The number of benzene rings is 5. The van der Waals surface area contributed by atoms with E-state index in [2.05, 4.69) is 10.6 Å². The Bertz CT molecular complexity index is 4750. The van der Waals surface area contributed by atoms with Crippen molar-refractivity contribution in [3.63, 3.8) is 0 Å². The van der Waals surface area contributed by atoms with Gasteiger partial charge in [-0.25, -0.2) is 14.2 Å². The third-order valence-corrected chi connectivity index (χ3v) is 28.5. The maximum Gasteiger partial charge on any atom is 0.472 e. The molecule has 12 atom stereocenters. The number of aliphatic hydroxyl groups is 1. The number of carboxylic acids is 1. The van der Waals surface area contributed by atoms with Gasteiger partial charge in [-0.3, -0.25) is 52.2 Å². The number of amides is 2. The minimum absolute atomic E-state index is 0.0202. The van der Waals surface area contributed by atoms with Crippen LogP contribution in [-0.4, -0.2) is 180 Å². The largest absolute Gasteiger partial charge is 0.481 e. The van der Waals surface area contributed by atoms with E-state index in [0.29, 0.717) is 22.3 Å². The number of Topliss-reactive ketones (excluding diaryl/α,β-unsaturated/α-hetero) is 2. The predicted octanol–water partition coefficient (Wildman–Crippen LogP) is 20.0. The summed E-state index contributed by atoms with van der Waals surface area (Å²) in [5, 5.41) is 29.1. The molecule has 0 spiro atoms. The summed E-state index contributed by atoms with van der Waals surface area (Å²) >= 11 is 0. The topological polar surface area (TPSA) is 373 Å². The zero-order valence-corrected chi connectivity index (χ0v) is 82.7. The molecule has 746 valence electrons. The summed E-state index contributed by atoms with van der Waals surface area (Å²) in [5.74, 6) is -12.2. The molecule has 5 N–H and O–H groups in total. The maximum atomic E-state index is 16.9. The van der Waals surface area contributed by atoms with Gasteiger partial charge in [0.05, 0.1) is 51.3 Å². The minimum atomic E-state index is -4.01. The lowest BCUT2D eigenvalue weighted by atomic mass is 9.44. The van der Waals surface area contributed by atoms with Crippen molar-refractivity contribution in [3.8, 4) is 0 Å². The number of phosphoric ester groups is 1. The van der Waals surface area contributed by atoms with Gasteiger partial charge in [0.15, 0.2) is 17.5 Å².